The van der Waals surface area contributed by atoms with E-state index in [4.69, 9.17) is 11.6 Å². The van der Waals surface area contributed by atoms with Gasteiger partial charge in [-0.2, -0.15) is 0 Å². The molecule has 1 aromatic heterocycles. The molecule has 0 spiro atoms. The predicted octanol–water partition coefficient (Wildman–Crippen LogP) is 3.22. The van der Waals surface area contributed by atoms with Crippen molar-refractivity contribution in [3.63, 3.8) is 0 Å². The highest BCUT2D eigenvalue weighted by Crippen LogP contribution is 2.26. The number of aromatic amines is 1. The minimum absolute atomic E-state index is 0.417. The lowest BCUT2D eigenvalue weighted by molar-refractivity contribution is 0.168. The van der Waals surface area contributed by atoms with Gasteiger partial charge in [-0.05, 0) is 18.9 Å². The fraction of sp³-hybridized carbons (Fsp3) is 0.333. The summed E-state index contributed by atoms with van der Waals surface area (Å²) in [4.78, 5) is 3.15. The molecule has 0 aliphatic carbocycles. The van der Waals surface area contributed by atoms with Crippen molar-refractivity contribution in [2.45, 2.75) is 18.9 Å². The molecule has 2 aromatic rings. The summed E-state index contributed by atoms with van der Waals surface area (Å²) in [5.41, 5.74) is 2.04. The Labute approximate surface area is 93.9 Å². The number of benzene rings is 1. The molecule has 0 aliphatic heterocycles. The van der Waals surface area contributed by atoms with Gasteiger partial charge in [0.25, 0.3) is 0 Å². The molecule has 1 atom stereocenters. The van der Waals surface area contributed by atoms with Crippen molar-refractivity contribution in [1.82, 2.24) is 4.98 Å². The minimum atomic E-state index is -0.417. The Balaban J connectivity index is 2.27. The lowest BCUT2D eigenvalue weighted by atomic mass is 10.0. The van der Waals surface area contributed by atoms with Crippen LogP contribution in [0.5, 0.6) is 0 Å². The summed E-state index contributed by atoms with van der Waals surface area (Å²) in [7, 11) is 0. The number of fused-ring (bicyclic) bond motifs is 1. The summed E-state index contributed by atoms with van der Waals surface area (Å²) in [6, 6.07) is 7.99. The molecule has 0 radical (unpaired) electrons. The summed E-state index contributed by atoms with van der Waals surface area (Å²) in [6.45, 7) is 0. The van der Waals surface area contributed by atoms with Crippen molar-refractivity contribution in [3.05, 3.63) is 36.0 Å². The number of para-hydroxylation sites is 1. The van der Waals surface area contributed by atoms with Gasteiger partial charge in [-0.1, -0.05) is 18.2 Å². The number of halogens is 1. The van der Waals surface area contributed by atoms with Gasteiger partial charge in [-0.25, -0.2) is 0 Å². The van der Waals surface area contributed by atoms with E-state index in [2.05, 4.69) is 4.98 Å². The average molecular weight is 224 g/mol. The summed E-state index contributed by atoms with van der Waals surface area (Å²) >= 11 is 5.61. The van der Waals surface area contributed by atoms with Gasteiger partial charge in [0.2, 0.25) is 0 Å². The van der Waals surface area contributed by atoms with Gasteiger partial charge in [0.1, 0.15) is 0 Å². The van der Waals surface area contributed by atoms with E-state index in [0.29, 0.717) is 12.3 Å². The van der Waals surface area contributed by atoms with E-state index in [1.54, 1.807) is 0 Å². The summed E-state index contributed by atoms with van der Waals surface area (Å²) < 4.78 is 0. The van der Waals surface area contributed by atoms with E-state index in [-0.39, 0.29) is 0 Å². The molecular weight excluding hydrogens is 210 g/mol. The molecule has 0 aliphatic rings. The Hall–Kier alpha value is -0.990. The molecule has 2 N–H and O–H groups in total. The molecule has 1 aromatic carbocycles. The van der Waals surface area contributed by atoms with Crippen LogP contribution >= 0.6 is 11.6 Å². The molecule has 1 heterocycles. The van der Waals surface area contributed by atoms with E-state index in [1.165, 1.54) is 0 Å². The Morgan fingerprint density at radius 2 is 2.13 bits per heavy atom. The smallest absolute Gasteiger partial charge is 0.0811 e. The zero-order valence-electron chi connectivity index (χ0n) is 8.41. The number of hydrogen-bond acceptors (Lipinski definition) is 1. The number of aromatic nitrogens is 1. The van der Waals surface area contributed by atoms with Crippen molar-refractivity contribution >= 4 is 22.5 Å². The zero-order valence-corrected chi connectivity index (χ0v) is 9.17. The van der Waals surface area contributed by atoms with Crippen molar-refractivity contribution in [2.24, 2.45) is 0 Å². The Morgan fingerprint density at radius 1 is 1.33 bits per heavy atom. The molecule has 0 amide bonds. The average Bonchev–Trinajstić information content (AvgIpc) is 2.69. The van der Waals surface area contributed by atoms with E-state index in [0.717, 1.165) is 22.9 Å². The number of hydrogen-bond donors (Lipinski definition) is 2. The fourth-order valence-corrected chi connectivity index (χ4v) is 1.95. The van der Waals surface area contributed by atoms with Crippen LogP contribution in [0, 0.1) is 0 Å². The van der Waals surface area contributed by atoms with Crippen LogP contribution in [0.1, 0.15) is 24.5 Å². The number of rotatable bonds is 4. The highest BCUT2D eigenvalue weighted by Gasteiger charge is 2.11. The van der Waals surface area contributed by atoms with Crippen LogP contribution in [0.2, 0.25) is 0 Å². The number of nitrogens with one attached hydrogen (secondary N) is 1. The van der Waals surface area contributed by atoms with Crippen LogP contribution in [0.15, 0.2) is 30.5 Å². The zero-order chi connectivity index (χ0) is 10.7. The number of H-pyrrole nitrogens is 1. The quantitative estimate of drug-likeness (QED) is 0.768. The first-order valence-corrected chi connectivity index (χ1v) is 5.66. The molecule has 0 saturated carbocycles. The van der Waals surface area contributed by atoms with Crippen molar-refractivity contribution in [2.75, 3.05) is 5.88 Å². The maximum atomic E-state index is 9.96. The van der Waals surface area contributed by atoms with Crippen LogP contribution in [0.4, 0.5) is 0 Å². The number of aliphatic hydroxyl groups is 1. The van der Waals surface area contributed by atoms with Gasteiger partial charge in [-0.15, -0.1) is 11.6 Å². The van der Waals surface area contributed by atoms with Gasteiger partial charge in [0, 0.05) is 28.5 Å². The molecule has 3 heteroatoms. The van der Waals surface area contributed by atoms with Crippen LogP contribution in [0.25, 0.3) is 10.9 Å². The van der Waals surface area contributed by atoms with Crippen LogP contribution in [-0.4, -0.2) is 16.0 Å². The molecule has 2 rings (SSSR count). The molecule has 15 heavy (non-hydrogen) atoms. The Bertz CT molecular complexity index is 438. The summed E-state index contributed by atoms with van der Waals surface area (Å²) in [5, 5.41) is 11.1. The van der Waals surface area contributed by atoms with Crippen LogP contribution in [-0.2, 0) is 0 Å². The summed E-state index contributed by atoms with van der Waals surface area (Å²) in [5.74, 6) is 0.597. The van der Waals surface area contributed by atoms with Gasteiger partial charge in [-0.3, -0.25) is 0 Å². The van der Waals surface area contributed by atoms with Crippen molar-refractivity contribution < 1.29 is 5.11 Å². The lowest BCUT2D eigenvalue weighted by Crippen LogP contribution is -1.96. The maximum absolute atomic E-state index is 9.96. The minimum Gasteiger partial charge on any atom is -0.388 e. The molecule has 2 nitrogen and oxygen atoms in total. The molecular formula is C12H14ClNO. The normalized spacial score (nSPS) is 13.2. The van der Waals surface area contributed by atoms with E-state index in [9.17, 15) is 5.11 Å². The third-order valence-electron chi connectivity index (χ3n) is 2.59. The van der Waals surface area contributed by atoms with Crippen LogP contribution in [0.3, 0.4) is 0 Å². The van der Waals surface area contributed by atoms with E-state index < -0.39 is 6.10 Å². The third-order valence-corrected chi connectivity index (χ3v) is 2.86. The number of alkyl halides is 1. The monoisotopic (exact) mass is 223 g/mol. The first-order valence-electron chi connectivity index (χ1n) is 5.13. The lowest BCUT2D eigenvalue weighted by Gasteiger charge is -2.07. The highest BCUT2D eigenvalue weighted by molar-refractivity contribution is 6.17. The molecule has 0 fully saturated rings. The predicted molar refractivity (Wildman–Crippen MR) is 63.2 cm³/mol. The standard InChI is InChI=1S/C12H14ClNO/c13-7-3-6-12(15)10-8-14-11-5-2-1-4-9(10)11/h1-2,4-5,8,12,14-15H,3,6-7H2. The second-order valence-electron chi connectivity index (χ2n) is 3.64. The molecule has 80 valence electrons. The molecule has 0 bridgehead atoms. The summed E-state index contributed by atoms with van der Waals surface area (Å²) in [6.07, 6.45) is 3.01. The molecule has 0 saturated heterocycles. The first-order chi connectivity index (χ1) is 7.33. The Morgan fingerprint density at radius 3 is 2.93 bits per heavy atom. The number of aliphatic hydroxyl groups excluding tert-OH is 1. The van der Waals surface area contributed by atoms with Crippen molar-refractivity contribution in [1.29, 1.82) is 0 Å². The second-order valence-corrected chi connectivity index (χ2v) is 4.01. The maximum Gasteiger partial charge on any atom is 0.0811 e. The van der Waals surface area contributed by atoms with E-state index in [1.807, 2.05) is 30.5 Å². The first kappa shape index (κ1) is 10.5. The molecule has 1 unspecified atom stereocenters. The SMILES string of the molecule is OC(CCCCl)c1c[nH]c2ccccc12. The van der Waals surface area contributed by atoms with Gasteiger partial charge in [0.05, 0.1) is 6.10 Å². The largest absolute Gasteiger partial charge is 0.388 e. The van der Waals surface area contributed by atoms with Crippen molar-refractivity contribution in [3.8, 4) is 0 Å². The third kappa shape index (κ3) is 2.16. The topological polar surface area (TPSA) is 36.0 Å². The van der Waals surface area contributed by atoms with Gasteiger partial charge >= 0.3 is 0 Å². The Kier molecular flexibility index (Phi) is 3.29. The van der Waals surface area contributed by atoms with Gasteiger partial charge in [0.15, 0.2) is 0 Å². The fourth-order valence-electron chi connectivity index (χ4n) is 1.80. The highest BCUT2D eigenvalue weighted by atomic mass is 35.5. The second kappa shape index (κ2) is 4.69. The van der Waals surface area contributed by atoms with Crippen LogP contribution < -0.4 is 0 Å². The van der Waals surface area contributed by atoms with Gasteiger partial charge < -0.3 is 10.1 Å². The van der Waals surface area contributed by atoms with E-state index >= 15 is 0 Å².